The third-order valence-electron chi connectivity index (χ3n) is 1.49. The first-order chi connectivity index (χ1) is 5.65. The van der Waals surface area contributed by atoms with E-state index in [1.165, 1.54) is 25.1 Å². The molecule has 0 aliphatic carbocycles. The Morgan fingerprint density at radius 2 is 2.25 bits per heavy atom. The maximum absolute atomic E-state index is 10.8. The molecule has 0 heterocycles. The van der Waals surface area contributed by atoms with Crippen LogP contribution in [0.4, 0.5) is 5.69 Å². The molecule has 60 valence electrons. The van der Waals surface area contributed by atoms with Crippen molar-refractivity contribution >= 4 is 11.5 Å². The second-order valence-electron chi connectivity index (χ2n) is 2.37. The average Bonchev–Trinajstić information content (AvgIpc) is 2.03. The van der Waals surface area contributed by atoms with E-state index < -0.39 is 0 Å². The van der Waals surface area contributed by atoms with Gasteiger partial charge in [-0.2, -0.15) is 0 Å². The van der Waals surface area contributed by atoms with E-state index in [2.05, 4.69) is 4.85 Å². The summed E-state index contributed by atoms with van der Waals surface area (Å²) in [6.45, 7) is 8.01. The van der Waals surface area contributed by atoms with Gasteiger partial charge < -0.3 is 5.11 Å². The Bertz CT molecular complexity index is 363. The molecule has 1 aromatic carbocycles. The van der Waals surface area contributed by atoms with Gasteiger partial charge in [0.25, 0.3) is 0 Å². The van der Waals surface area contributed by atoms with Crippen LogP contribution in [0.5, 0.6) is 5.75 Å². The van der Waals surface area contributed by atoms with Crippen molar-refractivity contribution in [3.05, 3.63) is 35.2 Å². The smallest absolute Gasteiger partial charge is 0.190 e. The van der Waals surface area contributed by atoms with Crippen LogP contribution >= 0.6 is 0 Å². The van der Waals surface area contributed by atoms with Crippen molar-refractivity contribution < 1.29 is 9.90 Å². The highest BCUT2D eigenvalue weighted by atomic mass is 16.3. The Morgan fingerprint density at radius 1 is 1.58 bits per heavy atom. The summed E-state index contributed by atoms with van der Waals surface area (Å²) in [7, 11) is 0. The molecule has 0 aliphatic heterocycles. The van der Waals surface area contributed by atoms with Crippen LogP contribution in [0.1, 0.15) is 17.3 Å². The van der Waals surface area contributed by atoms with Crippen molar-refractivity contribution in [3.63, 3.8) is 0 Å². The number of hydrogen-bond donors (Lipinski definition) is 1. The van der Waals surface area contributed by atoms with E-state index in [-0.39, 0.29) is 17.1 Å². The van der Waals surface area contributed by atoms with E-state index in [0.29, 0.717) is 5.69 Å². The Morgan fingerprint density at radius 3 is 2.67 bits per heavy atom. The molecule has 0 aromatic heterocycles. The number of carbonyl (C=O) groups is 1. The lowest BCUT2D eigenvalue weighted by Gasteiger charge is -1.99. The number of phenols is 1. The van der Waals surface area contributed by atoms with E-state index >= 15 is 0 Å². The molecule has 0 amide bonds. The fraction of sp³-hybridized carbons (Fsp3) is 0.111. The predicted molar refractivity (Wildman–Crippen MR) is 44.4 cm³/mol. The summed E-state index contributed by atoms with van der Waals surface area (Å²) in [5, 5.41) is 9.23. The zero-order valence-electron chi connectivity index (χ0n) is 6.53. The number of rotatable bonds is 1. The van der Waals surface area contributed by atoms with Crippen molar-refractivity contribution in [1.82, 2.24) is 0 Å². The molecule has 0 fully saturated rings. The highest BCUT2D eigenvalue weighted by Crippen LogP contribution is 2.23. The third kappa shape index (κ3) is 1.43. The highest BCUT2D eigenvalue weighted by molar-refractivity contribution is 5.97. The molecule has 1 rings (SSSR count). The quantitative estimate of drug-likeness (QED) is 0.506. The summed E-state index contributed by atoms with van der Waals surface area (Å²) in [5.74, 6) is -0.333. The summed E-state index contributed by atoms with van der Waals surface area (Å²) in [6.07, 6.45) is 0. The van der Waals surface area contributed by atoms with Crippen LogP contribution in [0, 0.1) is 6.57 Å². The van der Waals surface area contributed by atoms with Gasteiger partial charge in [-0.1, -0.05) is 12.1 Å². The molecular weight excluding hydrogens is 154 g/mol. The molecule has 3 heteroatoms. The maximum Gasteiger partial charge on any atom is 0.190 e. The van der Waals surface area contributed by atoms with Crippen molar-refractivity contribution in [3.8, 4) is 5.75 Å². The average molecular weight is 161 g/mol. The van der Waals surface area contributed by atoms with Crippen molar-refractivity contribution in [2.75, 3.05) is 0 Å². The number of ketones is 1. The first-order valence-electron chi connectivity index (χ1n) is 3.36. The number of hydrogen-bond acceptors (Lipinski definition) is 2. The van der Waals surface area contributed by atoms with Crippen LogP contribution in [0.3, 0.4) is 0 Å². The summed E-state index contributed by atoms with van der Waals surface area (Å²) in [4.78, 5) is 13.9. The zero-order chi connectivity index (χ0) is 9.14. The minimum absolute atomic E-state index is 0.129. The fourth-order valence-electron chi connectivity index (χ4n) is 0.887. The Labute approximate surface area is 70.1 Å². The van der Waals surface area contributed by atoms with E-state index in [0.717, 1.165) is 0 Å². The van der Waals surface area contributed by atoms with Gasteiger partial charge >= 0.3 is 0 Å². The van der Waals surface area contributed by atoms with Gasteiger partial charge in [0.2, 0.25) is 0 Å². The number of Topliss-reactive ketones (excluding diaryl/α,β-unsaturated/α-hetero) is 1. The van der Waals surface area contributed by atoms with Crippen LogP contribution < -0.4 is 0 Å². The van der Waals surface area contributed by atoms with Gasteiger partial charge in [-0.25, -0.2) is 4.85 Å². The standard InChI is InChI=1S/C9H7NO2/c1-6(11)8-4-3-7(10-2)5-9(8)12/h3-5,12H,1H3. The number of carbonyl (C=O) groups excluding carboxylic acids is 1. The topological polar surface area (TPSA) is 41.7 Å². The molecule has 3 nitrogen and oxygen atoms in total. The molecular formula is C9H7NO2. The first-order valence-corrected chi connectivity index (χ1v) is 3.36. The Hall–Kier alpha value is -1.82. The lowest BCUT2D eigenvalue weighted by molar-refractivity contribution is 0.101. The van der Waals surface area contributed by atoms with Crippen LogP contribution in [-0.2, 0) is 0 Å². The Balaban J connectivity index is 3.23. The lowest BCUT2D eigenvalue weighted by Crippen LogP contribution is -1.90. The summed E-state index contributed by atoms with van der Waals surface area (Å²) >= 11 is 0. The molecule has 0 bridgehead atoms. The molecule has 0 spiro atoms. The molecule has 1 aromatic rings. The highest BCUT2D eigenvalue weighted by Gasteiger charge is 2.05. The summed E-state index contributed by atoms with van der Waals surface area (Å²) in [6, 6.07) is 4.23. The Kier molecular flexibility index (Phi) is 2.11. The fourth-order valence-corrected chi connectivity index (χ4v) is 0.887. The maximum atomic E-state index is 10.8. The van der Waals surface area contributed by atoms with Crippen LogP contribution in [-0.4, -0.2) is 10.9 Å². The summed E-state index contributed by atoms with van der Waals surface area (Å²) < 4.78 is 0. The molecule has 1 N–H and O–H groups in total. The number of aromatic hydroxyl groups is 1. The SMILES string of the molecule is [C-]#[N+]c1ccc(C(C)=O)c(O)c1. The van der Waals surface area contributed by atoms with E-state index in [1.807, 2.05) is 0 Å². The molecule has 0 saturated heterocycles. The minimum atomic E-state index is -0.205. The largest absolute Gasteiger partial charge is 0.509 e. The number of nitrogens with zero attached hydrogens (tertiary/aromatic N) is 1. The first kappa shape index (κ1) is 8.28. The zero-order valence-corrected chi connectivity index (χ0v) is 6.53. The van der Waals surface area contributed by atoms with Crippen LogP contribution in [0.15, 0.2) is 18.2 Å². The van der Waals surface area contributed by atoms with E-state index in [1.54, 1.807) is 0 Å². The van der Waals surface area contributed by atoms with Gasteiger partial charge in [-0.3, -0.25) is 4.79 Å². The van der Waals surface area contributed by atoms with Crippen LogP contribution in [0.25, 0.3) is 4.85 Å². The van der Waals surface area contributed by atoms with Gasteiger partial charge in [0.15, 0.2) is 11.5 Å². The van der Waals surface area contributed by atoms with Crippen molar-refractivity contribution in [2.45, 2.75) is 6.92 Å². The molecule has 0 atom stereocenters. The minimum Gasteiger partial charge on any atom is -0.509 e. The monoisotopic (exact) mass is 161 g/mol. The second kappa shape index (κ2) is 3.05. The molecule has 0 saturated carbocycles. The summed E-state index contributed by atoms with van der Waals surface area (Å²) in [5.41, 5.74) is 0.583. The molecule has 0 unspecified atom stereocenters. The third-order valence-corrected chi connectivity index (χ3v) is 1.49. The van der Waals surface area contributed by atoms with Crippen LogP contribution in [0.2, 0.25) is 0 Å². The van der Waals surface area contributed by atoms with Crippen molar-refractivity contribution in [1.29, 1.82) is 0 Å². The lowest BCUT2D eigenvalue weighted by atomic mass is 10.1. The van der Waals surface area contributed by atoms with Crippen molar-refractivity contribution in [2.24, 2.45) is 0 Å². The molecule has 12 heavy (non-hydrogen) atoms. The van der Waals surface area contributed by atoms with Gasteiger partial charge in [0, 0.05) is 0 Å². The van der Waals surface area contributed by atoms with E-state index in [9.17, 15) is 9.90 Å². The molecule has 0 aliphatic rings. The number of benzene rings is 1. The van der Waals surface area contributed by atoms with Gasteiger partial charge in [-0.15, -0.1) is 0 Å². The predicted octanol–water partition coefficient (Wildman–Crippen LogP) is 2.15. The van der Waals surface area contributed by atoms with Gasteiger partial charge in [-0.05, 0) is 13.0 Å². The number of phenolic OH excluding ortho intramolecular Hbond substituents is 1. The molecule has 0 radical (unpaired) electrons. The van der Waals surface area contributed by atoms with Gasteiger partial charge in [0.1, 0.15) is 5.75 Å². The van der Waals surface area contributed by atoms with Gasteiger partial charge in [0.05, 0.1) is 12.1 Å². The normalized spacial score (nSPS) is 9.00. The second-order valence-corrected chi connectivity index (χ2v) is 2.37. The van der Waals surface area contributed by atoms with E-state index in [4.69, 9.17) is 6.57 Å².